The van der Waals surface area contributed by atoms with Gasteiger partial charge in [0.05, 0.1) is 18.4 Å². The Bertz CT molecular complexity index is 394. The van der Waals surface area contributed by atoms with Crippen LogP contribution in [0.1, 0.15) is 11.3 Å². The molecule has 0 aliphatic carbocycles. The van der Waals surface area contributed by atoms with E-state index in [2.05, 4.69) is 22.4 Å². The summed E-state index contributed by atoms with van der Waals surface area (Å²) >= 11 is 5.42. The number of carbonyl (C=O) groups is 1. The van der Waals surface area contributed by atoms with Crippen LogP contribution in [0.5, 0.6) is 0 Å². The Morgan fingerprint density at radius 3 is 3.06 bits per heavy atom. The second-order valence-corrected chi connectivity index (χ2v) is 4.26. The van der Waals surface area contributed by atoms with Crippen LogP contribution in [0.3, 0.4) is 0 Å². The van der Waals surface area contributed by atoms with E-state index in [0.29, 0.717) is 6.54 Å². The van der Waals surface area contributed by atoms with Crippen molar-refractivity contribution in [2.75, 3.05) is 19.5 Å². The molecule has 0 atom stereocenters. The van der Waals surface area contributed by atoms with Gasteiger partial charge in [0.15, 0.2) is 0 Å². The molecule has 0 spiro atoms. The Balaban J connectivity index is 0.00000144. The van der Waals surface area contributed by atoms with Crippen LogP contribution in [-0.2, 0) is 24.4 Å². The van der Waals surface area contributed by atoms with Gasteiger partial charge in [-0.05, 0) is 7.05 Å². The molecule has 96 valence electrons. The molecule has 2 heterocycles. The molecule has 0 fully saturated rings. The van der Waals surface area contributed by atoms with Gasteiger partial charge < -0.3 is 5.32 Å². The second kappa shape index (κ2) is 6.23. The van der Waals surface area contributed by atoms with Gasteiger partial charge in [-0.3, -0.25) is 14.4 Å². The number of amides is 1. The molecular formula is C10H16Cl2N4O. The number of nitrogens with one attached hydrogen (secondary N) is 1. The highest BCUT2D eigenvalue weighted by atomic mass is 35.5. The van der Waals surface area contributed by atoms with Crippen LogP contribution in [0, 0.1) is 0 Å². The van der Waals surface area contributed by atoms with Crippen molar-refractivity contribution in [3.05, 3.63) is 17.5 Å². The number of halogens is 2. The van der Waals surface area contributed by atoms with Crippen molar-refractivity contribution in [1.82, 2.24) is 20.0 Å². The number of likely N-dealkylation sites (N-methyl/N-ethyl adjacent to an activating group) is 1. The monoisotopic (exact) mass is 278 g/mol. The third kappa shape index (κ3) is 3.34. The second-order valence-electron chi connectivity index (χ2n) is 3.99. The molecule has 7 heteroatoms. The molecule has 1 N–H and O–H groups in total. The molecule has 17 heavy (non-hydrogen) atoms. The van der Waals surface area contributed by atoms with Gasteiger partial charge in [-0.25, -0.2) is 0 Å². The first-order valence-electron chi connectivity index (χ1n) is 5.25. The average Bonchev–Trinajstić information content (AvgIpc) is 2.68. The first-order chi connectivity index (χ1) is 7.70. The van der Waals surface area contributed by atoms with E-state index in [9.17, 15) is 4.79 Å². The Morgan fingerprint density at radius 1 is 1.59 bits per heavy atom. The molecule has 0 aromatic carbocycles. The van der Waals surface area contributed by atoms with Crippen molar-refractivity contribution < 1.29 is 4.79 Å². The summed E-state index contributed by atoms with van der Waals surface area (Å²) in [6, 6.07) is 0. The van der Waals surface area contributed by atoms with E-state index >= 15 is 0 Å². The van der Waals surface area contributed by atoms with Crippen molar-refractivity contribution in [2.24, 2.45) is 0 Å². The zero-order valence-corrected chi connectivity index (χ0v) is 11.2. The lowest BCUT2D eigenvalue weighted by molar-refractivity contribution is -0.118. The number of hydrogen-bond acceptors (Lipinski definition) is 3. The number of aromatic nitrogens is 2. The van der Waals surface area contributed by atoms with Crippen LogP contribution in [0.4, 0.5) is 0 Å². The van der Waals surface area contributed by atoms with E-state index in [-0.39, 0.29) is 24.2 Å². The van der Waals surface area contributed by atoms with E-state index in [1.807, 2.05) is 10.9 Å². The molecule has 1 aromatic rings. The maximum atomic E-state index is 11.1. The molecule has 1 aliphatic heterocycles. The fourth-order valence-electron chi connectivity index (χ4n) is 1.81. The summed E-state index contributed by atoms with van der Waals surface area (Å²) in [7, 11) is 2.08. The summed E-state index contributed by atoms with van der Waals surface area (Å²) in [6.07, 6.45) is 1.82. The van der Waals surface area contributed by atoms with Gasteiger partial charge >= 0.3 is 0 Å². The highest BCUT2D eigenvalue weighted by Gasteiger charge is 2.17. The number of carbonyl (C=O) groups excluding carboxylic acids is 1. The minimum absolute atomic E-state index is 0. The molecule has 0 radical (unpaired) electrons. The van der Waals surface area contributed by atoms with Gasteiger partial charge in [-0.1, -0.05) is 0 Å². The van der Waals surface area contributed by atoms with Crippen LogP contribution in [0.15, 0.2) is 6.20 Å². The van der Waals surface area contributed by atoms with Gasteiger partial charge in [-0.2, -0.15) is 5.10 Å². The summed E-state index contributed by atoms with van der Waals surface area (Å²) in [5, 5.41) is 7.06. The van der Waals surface area contributed by atoms with Gasteiger partial charge in [-0.15, -0.1) is 24.0 Å². The minimum atomic E-state index is -0.147. The number of alkyl halides is 1. The summed E-state index contributed by atoms with van der Waals surface area (Å²) in [6.45, 7) is 3.32. The SMILES string of the molecule is CN1CCn2ncc(CNC(=O)CCl)c2C1.Cl. The zero-order valence-electron chi connectivity index (χ0n) is 9.65. The predicted molar refractivity (Wildman–Crippen MR) is 68.4 cm³/mol. The summed E-state index contributed by atoms with van der Waals surface area (Å²) in [5.74, 6) is -0.144. The molecule has 2 rings (SSSR count). The Labute approximate surface area is 112 Å². The van der Waals surface area contributed by atoms with Gasteiger partial charge in [0.2, 0.25) is 5.91 Å². The van der Waals surface area contributed by atoms with Crippen molar-refractivity contribution in [3.8, 4) is 0 Å². The van der Waals surface area contributed by atoms with Gasteiger partial charge in [0.1, 0.15) is 5.88 Å². The molecule has 5 nitrogen and oxygen atoms in total. The summed E-state index contributed by atoms with van der Waals surface area (Å²) in [5.41, 5.74) is 2.26. The molecule has 1 amide bonds. The minimum Gasteiger partial charge on any atom is -0.351 e. The molecule has 0 unspecified atom stereocenters. The fraction of sp³-hybridized carbons (Fsp3) is 0.600. The summed E-state index contributed by atoms with van der Waals surface area (Å²) in [4.78, 5) is 13.3. The smallest absolute Gasteiger partial charge is 0.235 e. The first-order valence-corrected chi connectivity index (χ1v) is 5.79. The summed E-state index contributed by atoms with van der Waals surface area (Å²) < 4.78 is 2.00. The molecule has 0 saturated carbocycles. The predicted octanol–water partition coefficient (Wildman–Crippen LogP) is 0.605. The average molecular weight is 279 g/mol. The maximum Gasteiger partial charge on any atom is 0.235 e. The van der Waals surface area contributed by atoms with E-state index in [1.165, 1.54) is 5.69 Å². The first kappa shape index (κ1) is 14.3. The maximum absolute atomic E-state index is 11.1. The van der Waals surface area contributed by atoms with Gasteiger partial charge in [0.25, 0.3) is 0 Å². The van der Waals surface area contributed by atoms with Crippen molar-refractivity contribution >= 4 is 29.9 Å². The molecule has 0 bridgehead atoms. The Kier molecular flexibility index (Phi) is 5.24. The van der Waals surface area contributed by atoms with E-state index in [1.54, 1.807) is 0 Å². The van der Waals surface area contributed by atoms with E-state index < -0.39 is 0 Å². The Morgan fingerprint density at radius 2 is 2.35 bits per heavy atom. The molecule has 1 aromatic heterocycles. The third-order valence-electron chi connectivity index (χ3n) is 2.75. The van der Waals surface area contributed by atoms with Crippen molar-refractivity contribution in [2.45, 2.75) is 19.6 Å². The van der Waals surface area contributed by atoms with Gasteiger partial charge in [0, 0.05) is 25.2 Å². The van der Waals surface area contributed by atoms with Crippen LogP contribution < -0.4 is 5.32 Å². The number of rotatable bonds is 3. The fourth-order valence-corrected chi connectivity index (χ4v) is 1.91. The molecule has 0 saturated heterocycles. The quantitative estimate of drug-likeness (QED) is 0.825. The standard InChI is InChI=1S/C10H15ClN4O.ClH/c1-14-2-3-15-9(7-14)8(6-13-15)5-12-10(16)4-11;/h6H,2-5,7H2,1H3,(H,12,16);1H. The number of hydrogen-bond donors (Lipinski definition) is 1. The molecule has 1 aliphatic rings. The number of fused-ring (bicyclic) bond motifs is 1. The van der Waals surface area contributed by atoms with Crippen molar-refractivity contribution in [3.63, 3.8) is 0 Å². The van der Waals surface area contributed by atoms with Crippen molar-refractivity contribution in [1.29, 1.82) is 0 Å². The van der Waals surface area contributed by atoms with E-state index in [4.69, 9.17) is 11.6 Å². The third-order valence-corrected chi connectivity index (χ3v) is 2.99. The van der Waals surface area contributed by atoms with E-state index in [0.717, 1.165) is 25.2 Å². The normalized spacial score (nSPS) is 14.9. The zero-order chi connectivity index (χ0) is 11.5. The van der Waals surface area contributed by atoms with Crippen LogP contribution in [0.2, 0.25) is 0 Å². The van der Waals surface area contributed by atoms with Crippen LogP contribution >= 0.6 is 24.0 Å². The highest BCUT2D eigenvalue weighted by Crippen LogP contribution is 2.14. The Hall–Kier alpha value is -0.780. The number of nitrogens with zero attached hydrogens (tertiary/aromatic N) is 3. The highest BCUT2D eigenvalue weighted by molar-refractivity contribution is 6.27. The lowest BCUT2D eigenvalue weighted by Crippen LogP contribution is -2.32. The van der Waals surface area contributed by atoms with Crippen LogP contribution in [-0.4, -0.2) is 40.1 Å². The largest absolute Gasteiger partial charge is 0.351 e. The lowest BCUT2D eigenvalue weighted by Gasteiger charge is -2.24. The topological polar surface area (TPSA) is 50.2 Å². The molecular weight excluding hydrogens is 263 g/mol. The van der Waals surface area contributed by atoms with Crippen LogP contribution in [0.25, 0.3) is 0 Å². The lowest BCUT2D eigenvalue weighted by atomic mass is 10.2.